The molecule has 1 saturated heterocycles. The van der Waals surface area contributed by atoms with Crippen LogP contribution in [0.25, 0.3) is 0 Å². The van der Waals surface area contributed by atoms with Gasteiger partial charge in [0.25, 0.3) is 0 Å². The zero-order chi connectivity index (χ0) is 15.1. The summed E-state index contributed by atoms with van der Waals surface area (Å²) < 4.78 is 27.1. The molecule has 5 heteroatoms. The smallest absolute Gasteiger partial charge is 0.214 e. The molecule has 0 aromatic rings. The predicted molar refractivity (Wildman–Crippen MR) is 85.2 cm³/mol. The highest BCUT2D eigenvalue weighted by Crippen LogP contribution is 2.14. The number of nitrogens with zero attached hydrogens (tertiary/aromatic N) is 2. The minimum absolute atomic E-state index is 0.341. The van der Waals surface area contributed by atoms with E-state index < -0.39 is 10.0 Å². The zero-order valence-corrected chi connectivity index (χ0v) is 14.4. The number of unbranched alkanes of at least 4 members (excludes halogenated alkanes) is 6. The summed E-state index contributed by atoms with van der Waals surface area (Å²) in [6, 6.07) is 0. The lowest BCUT2D eigenvalue weighted by molar-refractivity contribution is -0.893. The Hall–Kier alpha value is -0.130. The summed E-state index contributed by atoms with van der Waals surface area (Å²) in [5, 5.41) is 0. The van der Waals surface area contributed by atoms with Crippen LogP contribution in [0.2, 0.25) is 0 Å². The highest BCUT2D eigenvalue weighted by atomic mass is 32.2. The highest BCUT2D eigenvalue weighted by Gasteiger charge is 2.31. The second-order valence-corrected chi connectivity index (χ2v) is 8.81. The van der Waals surface area contributed by atoms with Gasteiger partial charge in [0.05, 0.1) is 46.0 Å². The second-order valence-electron chi connectivity index (χ2n) is 6.72. The number of rotatable bonds is 9. The molecule has 0 saturated carbocycles. The molecule has 0 N–H and O–H groups in total. The van der Waals surface area contributed by atoms with Gasteiger partial charge in [-0.2, -0.15) is 4.31 Å². The third-order valence-corrected chi connectivity index (χ3v) is 6.27. The molecule has 1 heterocycles. The molecule has 0 atom stereocenters. The summed E-state index contributed by atoms with van der Waals surface area (Å²) in [6.07, 6.45) is 8.17. The van der Waals surface area contributed by atoms with E-state index in [4.69, 9.17) is 0 Å². The summed E-state index contributed by atoms with van der Waals surface area (Å²) >= 11 is 0. The molecule has 4 nitrogen and oxygen atoms in total. The van der Waals surface area contributed by atoms with E-state index in [1.54, 1.807) is 4.31 Å². The van der Waals surface area contributed by atoms with E-state index in [9.17, 15) is 8.42 Å². The summed E-state index contributed by atoms with van der Waals surface area (Å²) in [5.74, 6) is 0.341. The van der Waals surface area contributed by atoms with Crippen LogP contribution >= 0.6 is 0 Å². The molecule has 0 aromatic heterocycles. The maximum atomic E-state index is 12.3. The number of likely N-dealkylation sites (N-methyl/N-ethyl adjacent to an activating group) is 1. The number of piperazine rings is 1. The van der Waals surface area contributed by atoms with Crippen LogP contribution < -0.4 is 0 Å². The maximum Gasteiger partial charge on any atom is 0.214 e. The Labute approximate surface area is 125 Å². The molecule has 0 unspecified atom stereocenters. The lowest BCUT2D eigenvalue weighted by Crippen LogP contribution is -2.56. The van der Waals surface area contributed by atoms with Gasteiger partial charge in [-0.15, -0.1) is 0 Å². The molecule has 1 rings (SSSR count). The third kappa shape index (κ3) is 6.55. The van der Waals surface area contributed by atoms with Crippen molar-refractivity contribution in [2.24, 2.45) is 0 Å². The Bertz CT molecular complexity index is 356. The van der Waals surface area contributed by atoms with Gasteiger partial charge >= 0.3 is 0 Å². The SMILES string of the molecule is CCCCCCCCCS(=O)(=O)N1CC[N+](C)(C)CC1. The standard InChI is InChI=1S/C15H33N2O2S/c1-4-5-6-7-8-9-10-15-20(18,19)16-11-13-17(2,3)14-12-16/h4-15H2,1-3H3/q+1. The van der Waals surface area contributed by atoms with E-state index in [1.165, 1.54) is 32.1 Å². The van der Waals surface area contributed by atoms with Gasteiger partial charge in [0.15, 0.2) is 0 Å². The fourth-order valence-electron chi connectivity index (χ4n) is 2.64. The molecular weight excluding hydrogens is 272 g/mol. The van der Waals surface area contributed by atoms with Crippen LogP contribution in [-0.2, 0) is 10.0 Å². The van der Waals surface area contributed by atoms with Crippen LogP contribution in [0.1, 0.15) is 51.9 Å². The molecule has 0 radical (unpaired) electrons. The predicted octanol–water partition coefficient (Wildman–Crippen LogP) is 2.46. The van der Waals surface area contributed by atoms with Crippen LogP contribution in [0.4, 0.5) is 0 Å². The van der Waals surface area contributed by atoms with Gasteiger partial charge in [-0.1, -0.05) is 45.4 Å². The van der Waals surface area contributed by atoms with Crippen molar-refractivity contribution in [2.75, 3.05) is 46.0 Å². The van der Waals surface area contributed by atoms with Crippen molar-refractivity contribution in [1.82, 2.24) is 4.31 Å². The van der Waals surface area contributed by atoms with E-state index in [0.29, 0.717) is 18.8 Å². The molecule has 1 aliphatic rings. The third-order valence-electron chi connectivity index (χ3n) is 4.31. The summed E-state index contributed by atoms with van der Waals surface area (Å²) in [5.41, 5.74) is 0. The van der Waals surface area contributed by atoms with Crippen molar-refractivity contribution < 1.29 is 12.9 Å². The van der Waals surface area contributed by atoms with Gasteiger partial charge < -0.3 is 4.48 Å². The van der Waals surface area contributed by atoms with Crippen molar-refractivity contribution in [2.45, 2.75) is 51.9 Å². The molecule has 0 aliphatic carbocycles. The number of quaternary nitrogens is 1. The minimum atomic E-state index is -3.01. The summed E-state index contributed by atoms with van der Waals surface area (Å²) in [7, 11) is 1.33. The maximum absolute atomic E-state index is 12.3. The van der Waals surface area contributed by atoms with Crippen LogP contribution in [-0.4, -0.2) is 63.2 Å². The molecule has 120 valence electrons. The highest BCUT2D eigenvalue weighted by molar-refractivity contribution is 7.89. The molecule has 1 aliphatic heterocycles. The monoisotopic (exact) mass is 305 g/mol. The Morgan fingerprint density at radius 1 is 0.900 bits per heavy atom. The topological polar surface area (TPSA) is 37.4 Å². The molecule has 0 amide bonds. The van der Waals surface area contributed by atoms with Gasteiger partial charge in [0, 0.05) is 0 Å². The summed E-state index contributed by atoms with van der Waals surface area (Å²) in [6.45, 7) is 5.44. The first-order valence-electron chi connectivity index (χ1n) is 8.17. The van der Waals surface area contributed by atoms with Crippen LogP contribution in [0, 0.1) is 0 Å². The van der Waals surface area contributed by atoms with Crippen molar-refractivity contribution in [3.8, 4) is 0 Å². The fourth-order valence-corrected chi connectivity index (χ4v) is 4.18. The first kappa shape index (κ1) is 17.9. The van der Waals surface area contributed by atoms with E-state index in [0.717, 1.165) is 30.4 Å². The average Bonchev–Trinajstić information content (AvgIpc) is 2.37. The average molecular weight is 306 g/mol. The van der Waals surface area contributed by atoms with Crippen molar-refractivity contribution in [3.05, 3.63) is 0 Å². The van der Waals surface area contributed by atoms with E-state index >= 15 is 0 Å². The molecule has 0 spiro atoms. The fraction of sp³-hybridized carbons (Fsp3) is 1.00. The quantitative estimate of drug-likeness (QED) is 0.485. The van der Waals surface area contributed by atoms with Gasteiger partial charge in [0.1, 0.15) is 0 Å². The van der Waals surface area contributed by atoms with Crippen LogP contribution in [0.15, 0.2) is 0 Å². The van der Waals surface area contributed by atoms with Crippen molar-refractivity contribution in [3.63, 3.8) is 0 Å². The second kappa shape index (κ2) is 8.35. The first-order valence-corrected chi connectivity index (χ1v) is 9.78. The molecule has 0 aromatic carbocycles. The Kier molecular flexibility index (Phi) is 7.48. The van der Waals surface area contributed by atoms with Gasteiger partial charge in [-0.05, 0) is 6.42 Å². The van der Waals surface area contributed by atoms with Crippen LogP contribution in [0.3, 0.4) is 0 Å². The van der Waals surface area contributed by atoms with Gasteiger partial charge in [-0.25, -0.2) is 8.42 Å². The number of sulfonamides is 1. The minimum Gasteiger partial charge on any atom is -0.326 e. The normalized spacial score (nSPS) is 20.1. The van der Waals surface area contributed by atoms with Gasteiger partial charge in [-0.3, -0.25) is 0 Å². The summed E-state index contributed by atoms with van der Waals surface area (Å²) in [4.78, 5) is 0. The molecular formula is C15H33N2O2S+. The number of hydrogen-bond donors (Lipinski definition) is 0. The Morgan fingerprint density at radius 3 is 1.95 bits per heavy atom. The van der Waals surface area contributed by atoms with Gasteiger partial charge in [0.2, 0.25) is 10.0 Å². The lowest BCUT2D eigenvalue weighted by Gasteiger charge is -2.38. The largest absolute Gasteiger partial charge is 0.326 e. The van der Waals surface area contributed by atoms with Crippen molar-refractivity contribution in [1.29, 1.82) is 0 Å². The first-order chi connectivity index (χ1) is 9.37. The molecule has 1 fully saturated rings. The lowest BCUT2D eigenvalue weighted by atomic mass is 10.1. The van der Waals surface area contributed by atoms with Crippen LogP contribution in [0.5, 0.6) is 0 Å². The van der Waals surface area contributed by atoms with E-state index in [-0.39, 0.29) is 0 Å². The Morgan fingerprint density at radius 2 is 1.40 bits per heavy atom. The van der Waals surface area contributed by atoms with Crippen molar-refractivity contribution >= 4 is 10.0 Å². The Balaban J connectivity index is 2.19. The van der Waals surface area contributed by atoms with E-state index in [2.05, 4.69) is 21.0 Å². The molecule has 0 bridgehead atoms. The molecule has 20 heavy (non-hydrogen) atoms. The zero-order valence-electron chi connectivity index (χ0n) is 13.6. The van der Waals surface area contributed by atoms with E-state index in [1.807, 2.05) is 0 Å². The number of hydrogen-bond acceptors (Lipinski definition) is 2.